The summed E-state index contributed by atoms with van der Waals surface area (Å²) in [6.45, 7) is 11.6. The standard InChI is InChI=1S/C39H48BrN5O4/c1-4-48-39(46)38-32(16-9-24-49-35-17-7-12-29-11-5-6-13-30(29)35)31-14-8-15-33(37(31)44(38)19-10-18-41-3)36-28(2)45(42-34(36)27-40)21-20-43-22-25-47-26-23-43/h5-8,11-15,17,41H,4,9-10,16,18-27H2,1-3H3. The maximum atomic E-state index is 13.8. The Hall–Kier alpha value is -3.70. The van der Waals surface area contributed by atoms with Gasteiger partial charge in [-0.1, -0.05) is 70.5 Å². The lowest BCUT2D eigenvalue weighted by Gasteiger charge is -2.26. The summed E-state index contributed by atoms with van der Waals surface area (Å²) in [6, 6.07) is 20.9. The van der Waals surface area contributed by atoms with Crippen molar-refractivity contribution in [1.82, 2.24) is 24.6 Å². The highest BCUT2D eigenvalue weighted by molar-refractivity contribution is 9.08. The summed E-state index contributed by atoms with van der Waals surface area (Å²) in [7, 11) is 1.96. The third-order valence-electron chi connectivity index (χ3n) is 9.45. The van der Waals surface area contributed by atoms with Crippen molar-refractivity contribution in [1.29, 1.82) is 0 Å². The van der Waals surface area contributed by atoms with Crippen LogP contribution in [-0.4, -0.2) is 84.9 Å². The summed E-state index contributed by atoms with van der Waals surface area (Å²) in [6.07, 6.45) is 2.30. The monoisotopic (exact) mass is 729 g/mol. The van der Waals surface area contributed by atoms with Gasteiger partial charge in [-0.3, -0.25) is 9.58 Å². The highest BCUT2D eigenvalue weighted by atomic mass is 79.9. The van der Waals surface area contributed by atoms with Crippen LogP contribution in [0.15, 0.2) is 60.7 Å². The van der Waals surface area contributed by atoms with Crippen LogP contribution in [0.2, 0.25) is 0 Å². The van der Waals surface area contributed by atoms with E-state index in [0.717, 1.165) is 114 Å². The molecular formula is C39H48BrN5O4. The van der Waals surface area contributed by atoms with Gasteiger partial charge in [-0.2, -0.15) is 5.10 Å². The Kier molecular flexibility index (Phi) is 12.1. The minimum atomic E-state index is -0.280. The molecule has 0 aliphatic carbocycles. The second-order valence-electron chi connectivity index (χ2n) is 12.5. The molecule has 0 amide bonds. The number of aromatic nitrogens is 3. The third-order valence-corrected chi connectivity index (χ3v) is 9.98. The number of ether oxygens (including phenoxy) is 3. The average Bonchev–Trinajstić information content (AvgIpc) is 3.63. The topological polar surface area (TPSA) is 82.8 Å². The molecule has 0 spiro atoms. The first kappa shape index (κ1) is 35.1. The molecule has 10 heteroatoms. The third kappa shape index (κ3) is 7.72. The van der Waals surface area contributed by atoms with Crippen molar-refractivity contribution in [3.8, 4) is 16.9 Å². The largest absolute Gasteiger partial charge is 0.493 e. The van der Waals surface area contributed by atoms with Gasteiger partial charge in [-0.15, -0.1) is 0 Å². The van der Waals surface area contributed by atoms with Gasteiger partial charge in [-0.25, -0.2) is 4.79 Å². The summed E-state index contributed by atoms with van der Waals surface area (Å²) in [5, 5.41) is 12.3. The number of aryl methyl sites for hydroxylation is 2. The molecule has 1 aliphatic rings. The number of hydrogen-bond donors (Lipinski definition) is 1. The molecule has 1 saturated heterocycles. The molecule has 6 rings (SSSR count). The molecule has 0 unspecified atom stereocenters. The van der Waals surface area contributed by atoms with Crippen LogP contribution in [0.4, 0.5) is 0 Å². The van der Waals surface area contributed by atoms with E-state index >= 15 is 0 Å². The summed E-state index contributed by atoms with van der Waals surface area (Å²) < 4.78 is 22.0. The summed E-state index contributed by atoms with van der Waals surface area (Å²) in [4.78, 5) is 16.3. The van der Waals surface area contributed by atoms with Crippen molar-refractivity contribution < 1.29 is 19.0 Å². The molecule has 49 heavy (non-hydrogen) atoms. The first-order valence-corrected chi connectivity index (χ1v) is 18.7. The lowest BCUT2D eigenvalue weighted by Crippen LogP contribution is -2.38. The van der Waals surface area contributed by atoms with E-state index in [4.69, 9.17) is 19.3 Å². The highest BCUT2D eigenvalue weighted by Crippen LogP contribution is 2.39. The number of alkyl halides is 1. The Morgan fingerprint density at radius 3 is 2.55 bits per heavy atom. The molecule has 0 atom stereocenters. The van der Waals surface area contributed by atoms with Crippen molar-refractivity contribution in [2.24, 2.45) is 0 Å². The predicted octanol–water partition coefficient (Wildman–Crippen LogP) is 6.99. The molecule has 0 bridgehead atoms. The molecule has 3 heterocycles. The van der Waals surface area contributed by atoms with Gasteiger partial charge in [0.05, 0.1) is 44.2 Å². The number of halogens is 1. The Labute approximate surface area is 297 Å². The number of morpholine rings is 1. The van der Waals surface area contributed by atoms with E-state index in [9.17, 15) is 4.79 Å². The average molecular weight is 731 g/mol. The molecule has 9 nitrogen and oxygen atoms in total. The number of nitrogens with one attached hydrogen (secondary N) is 1. The van der Waals surface area contributed by atoms with Crippen molar-refractivity contribution in [3.63, 3.8) is 0 Å². The smallest absolute Gasteiger partial charge is 0.355 e. The van der Waals surface area contributed by atoms with E-state index in [1.807, 2.05) is 38.2 Å². The molecule has 3 aromatic carbocycles. The quantitative estimate of drug-likeness (QED) is 0.0666. The van der Waals surface area contributed by atoms with E-state index in [1.165, 1.54) is 0 Å². The van der Waals surface area contributed by atoms with Gasteiger partial charge in [0, 0.05) is 59.1 Å². The Morgan fingerprint density at radius 1 is 0.980 bits per heavy atom. The van der Waals surface area contributed by atoms with Gasteiger partial charge in [0.1, 0.15) is 11.4 Å². The maximum Gasteiger partial charge on any atom is 0.355 e. The lowest BCUT2D eigenvalue weighted by atomic mass is 9.98. The minimum absolute atomic E-state index is 0.280. The number of hydrogen-bond acceptors (Lipinski definition) is 7. The zero-order chi connectivity index (χ0) is 34.2. The molecule has 0 saturated carbocycles. The normalized spacial score (nSPS) is 13.8. The van der Waals surface area contributed by atoms with Gasteiger partial charge in [-0.05, 0) is 63.7 Å². The maximum absolute atomic E-state index is 13.8. The van der Waals surface area contributed by atoms with E-state index < -0.39 is 0 Å². The molecule has 5 aromatic rings. The number of nitrogens with zero attached hydrogens (tertiary/aromatic N) is 4. The van der Waals surface area contributed by atoms with E-state index in [0.29, 0.717) is 37.2 Å². The number of esters is 1. The van der Waals surface area contributed by atoms with Gasteiger partial charge >= 0.3 is 5.97 Å². The van der Waals surface area contributed by atoms with Gasteiger partial charge in [0.15, 0.2) is 0 Å². The van der Waals surface area contributed by atoms with Crippen LogP contribution in [0.3, 0.4) is 0 Å². The Bertz CT molecular complexity index is 1870. The second-order valence-corrected chi connectivity index (χ2v) is 13.1. The lowest BCUT2D eigenvalue weighted by molar-refractivity contribution is 0.0359. The minimum Gasteiger partial charge on any atom is -0.493 e. The zero-order valence-electron chi connectivity index (χ0n) is 29.0. The van der Waals surface area contributed by atoms with E-state index in [2.05, 4.69) is 78.7 Å². The van der Waals surface area contributed by atoms with E-state index in [-0.39, 0.29) is 5.97 Å². The molecule has 2 aromatic heterocycles. The van der Waals surface area contributed by atoms with Gasteiger partial charge < -0.3 is 24.1 Å². The SMILES string of the molecule is CCOC(=O)c1c(CCCOc2cccc3ccccc23)c2cccc(-c3c(CBr)nn(CCN4CCOCC4)c3C)c2n1CCCNC. The van der Waals surface area contributed by atoms with Crippen LogP contribution < -0.4 is 10.1 Å². The number of carbonyl (C=O) groups is 1. The highest BCUT2D eigenvalue weighted by Gasteiger charge is 2.28. The van der Waals surface area contributed by atoms with Crippen molar-refractivity contribution in [3.05, 3.63) is 83.3 Å². The van der Waals surface area contributed by atoms with Crippen LogP contribution in [0.1, 0.15) is 47.2 Å². The van der Waals surface area contributed by atoms with Crippen LogP contribution >= 0.6 is 15.9 Å². The molecule has 260 valence electrons. The fourth-order valence-electron chi connectivity index (χ4n) is 7.09. The Morgan fingerprint density at radius 2 is 1.76 bits per heavy atom. The van der Waals surface area contributed by atoms with Crippen molar-refractivity contribution in [2.75, 3.05) is 59.7 Å². The summed E-state index contributed by atoms with van der Waals surface area (Å²) in [5.41, 5.74) is 7.05. The molecule has 1 fully saturated rings. The summed E-state index contributed by atoms with van der Waals surface area (Å²) >= 11 is 3.75. The first-order chi connectivity index (χ1) is 24.0. The number of para-hydroxylation sites is 1. The molecular weight excluding hydrogens is 682 g/mol. The van der Waals surface area contributed by atoms with Crippen molar-refractivity contribution >= 4 is 43.6 Å². The number of benzene rings is 3. The van der Waals surface area contributed by atoms with Crippen molar-refractivity contribution in [2.45, 2.75) is 51.5 Å². The zero-order valence-corrected chi connectivity index (χ0v) is 30.6. The number of rotatable bonds is 16. The molecule has 0 radical (unpaired) electrons. The number of fused-ring (bicyclic) bond motifs is 2. The first-order valence-electron chi connectivity index (χ1n) is 17.5. The Balaban J connectivity index is 1.38. The van der Waals surface area contributed by atoms with E-state index in [1.54, 1.807) is 0 Å². The predicted molar refractivity (Wildman–Crippen MR) is 200 cm³/mol. The second kappa shape index (κ2) is 16.8. The molecule has 1 aliphatic heterocycles. The van der Waals surface area contributed by atoms with Gasteiger partial charge in [0.2, 0.25) is 0 Å². The van der Waals surface area contributed by atoms with Crippen LogP contribution in [0.25, 0.3) is 32.8 Å². The van der Waals surface area contributed by atoms with Crippen LogP contribution in [0.5, 0.6) is 5.75 Å². The van der Waals surface area contributed by atoms with Gasteiger partial charge in [0.25, 0.3) is 0 Å². The van der Waals surface area contributed by atoms with Crippen LogP contribution in [-0.2, 0) is 34.3 Å². The fourth-order valence-corrected chi connectivity index (χ4v) is 7.48. The molecule has 1 N–H and O–H groups in total. The fraction of sp³-hybridized carbons (Fsp3) is 0.436. The summed E-state index contributed by atoms with van der Waals surface area (Å²) in [5.74, 6) is 0.599. The number of carbonyl (C=O) groups excluding carboxylic acids is 1. The van der Waals surface area contributed by atoms with Crippen LogP contribution in [0, 0.1) is 6.92 Å².